The number of amides is 1. The van der Waals surface area contributed by atoms with Gasteiger partial charge in [0.15, 0.2) is 0 Å². The smallest absolute Gasteiger partial charge is 0.250 e. The summed E-state index contributed by atoms with van der Waals surface area (Å²) in [6.07, 6.45) is 0.689. The van der Waals surface area contributed by atoms with E-state index in [0.29, 0.717) is 17.5 Å². The molecule has 0 unspecified atom stereocenters. The Morgan fingerprint density at radius 1 is 1.09 bits per heavy atom. The maximum atomic E-state index is 11.7. The summed E-state index contributed by atoms with van der Waals surface area (Å²) in [6, 6.07) is 13.4. The van der Waals surface area contributed by atoms with Crippen LogP contribution >= 0.6 is 0 Å². The molecule has 0 saturated carbocycles. The Kier molecular flexibility index (Phi) is 3.34. The van der Waals surface area contributed by atoms with Crippen LogP contribution in [0.1, 0.15) is 29.8 Å². The molecule has 0 bridgehead atoms. The van der Waals surface area contributed by atoms with Crippen LogP contribution < -0.4 is 11.5 Å². The van der Waals surface area contributed by atoms with Gasteiger partial charge in [-0.3, -0.25) is 4.79 Å². The summed E-state index contributed by atoms with van der Waals surface area (Å²) in [7, 11) is 0. The predicted molar refractivity (Wildman–Crippen MR) is 89.7 cm³/mol. The highest BCUT2D eigenvalue weighted by Gasteiger charge is 2.19. The number of fused-ring (bicyclic) bond motifs is 2. The van der Waals surface area contributed by atoms with Crippen molar-refractivity contribution in [3.8, 4) is 0 Å². The number of benzene rings is 2. The molecular formula is C18H19N3O. The Morgan fingerprint density at radius 2 is 1.77 bits per heavy atom. The van der Waals surface area contributed by atoms with Crippen LogP contribution in [0.2, 0.25) is 0 Å². The van der Waals surface area contributed by atoms with Gasteiger partial charge in [-0.05, 0) is 38.0 Å². The van der Waals surface area contributed by atoms with E-state index in [9.17, 15) is 4.79 Å². The average Bonchev–Trinajstić information content (AvgIpc) is 2.45. The van der Waals surface area contributed by atoms with E-state index in [-0.39, 0.29) is 5.54 Å². The zero-order valence-corrected chi connectivity index (χ0v) is 12.8. The lowest BCUT2D eigenvalue weighted by Gasteiger charge is -2.21. The molecule has 1 amide bonds. The molecule has 0 spiro atoms. The Morgan fingerprint density at radius 3 is 2.45 bits per heavy atom. The molecule has 0 fully saturated rings. The lowest BCUT2D eigenvalue weighted by atomic mass is 9.90. The van der Waals surface area contributed by atoms with Gasteiger partial charge in [0.1, 0.15) is 0 Å². The van der Waals surface area contributed by atoms with Crippen molar-refractivity contribution in [1.82, 2.24) is 4.98 Å². The largest absolute Gasteiger partial charge is 0.366 e. The zero-order valence-electron chi connectivity index (χ0n) is 12.8. The van der Waals surface area contributed by atoms with Crippen molar-refractivity contribution in [3.05, 3.63) is 53.6 Å². The van der Waals surface area contributed by atoms with Crippen LogP contribution in [0.4, 0.5) is 0 Å². The maximum absolute atomic E-state index is 11.7. The van der Waals surface area contributed by atoms with Crippen molar-refractivity contribution < 1.29 is 4.79 Å². The van der Waals surface area contributed by atoms with E-state index in [2.05, 4.69) is 4.98 Å². The standard InChI is InChI=1S/C18H19N3O/c1-18(2,20)10-14-11-6-3-4-9-15(11)21-16-12(14)7-5-8-13(16)17(19)22/h3-9H,10,20H2,1-2H3,(H2,19,22). The molecule has 3 aromatic rings. The van der Waals surface area contributed by atoms with Gasteiger partial charge in [0, 0.05) is 16.3 Å². The van der Waals surface area contributed by atoms with Crippen molar-refractivity contribution in [1.29, 1.82) is 0 Å². The first-order valence-corrected chi connectivity index (χ1v) is 7.26. The first-order valence-electron chi connectivity index (χ1n) is 7.26. The molecule has 0 saturated heterocycles. The normalized spacial score (nSPS) is 12.0. The van der Waals surface area contributed by atoms with Gasteiger partial charge in [-0.15, -0.1) is 0 Å². The number of pyridine rings is 1. The van der Waals surface area contributed by atoms with E-state index < -0.39 is 5.91 Å². The van der Waals surface area contributed by atoms with E-state index in [1.807, 2.05) is 50.2 Å². The number of primary amides is 1. The van der Waals surface area contributed by atoms with Gasteiger partial charge in [0.2, 0.25) is 0 Å². The minimum absolute atomic E-state index is 0.361. The maximum Gasteiger partial charge on any atom is 0.250 e. The van der Waals surface area contributed by atoms with E-state index in [0.717, 1.165) is 21.9 Å². The summed E-state index contributed by atoms with van der Waals surface area (Å²) < 4.78 is 0. The molecule has 1 aromatic heterocycles. The SMILES string of the molecule is CC(C)(N)Cc1c2ccccc2nc2c(C(N)=O)cccc12. The van der Waals surface area contributed by atoms with Gasteiger partial charge in [-0.2, -0.15) is 0 Å². The molecular weight excluding hydrogens is 274 g/mol. The highest BCUT2D eigenvalue weighted by Crippen LogP contribution is 2.30. The molecule has 0 radical (unpaired) electrons. The quantitative estimate of drug-likeness (QED) is 0.728. The first-order chi connectivity index (χ1) is 10.4. The van der Waals surface area contributed by atoms with Gasteiger partial charge in [0.05, 0.1) is 16.6 Å². The van der Waals surface area contributed by atoms with Crippen molar-refractivity contribution >= 4 is 27.7 Å². The summed E-state index contributed by atoms with van der Waals surface area (Å²) in [5.74, 6) is -0.466. The van der Waals surface area contributed by atoms with Crippen LogP contribution in [-0.2, 0) is 6.42 Å². The van der Waals surface area contributed by atoms with Gasteiger partial charge in [-0.25, -0.2) is 4.98 Å². The third-order valence-electron chi connectivity index (χ3n) is 3.72. The summed E-state index contributed by atoms with van der Waals surface area (Å²) in [5, 5.41) is 2.00. The fourth-order valence-electron chi connectivity index (χ4n) is 2.84. The number of hydrogen-bond acceptors (Lipinski definition) is 3. The second-order valence-electron chi connectivity index (χ2n) is 6.34. The fraction of sp³-hybridized carbons (Fsp3) is 0.222. The van der Waals surface area contributed by atoms with E-state index in [1.54, 1.807) is 6.07 Å². The molecule has 0 aliphatic rings. The number of carbonyl (C=O) groups is 1. The molecule has 0 atom stereocenters. The van der Waals surface area contributed by atoms with Crippen LogP contribution in [0, 0.1) is 0 Å². The van der Waals surface area contributed by atoms with Gasteiger partial charge in [-0.1, -0.05) is 30.3 Å². The number of carbonyl (C=O) groups excluding carboxylic acids is 1. The van der Waals surface area contributed by atoms with Crippen LogP contribution in [0.3, 0.4) is 0 Å². The molecule has 0 aliphatic heterocycles. The highest BCUT2D eigenvalue weighted by atomic mass is 16.1. The molecule has 1 heterocycles. The molecule has 4 nitrogen and oxygen atoms in total. The number of para-hydroxylation sites is 2. The molecule has 4 N–H and O–H groups in total. The van der Waals surface area contributed by atoms with Crippen LogP contribution in [0.5, 0.6) is 0 Å². The lowest BCUT2D eigenvalue weighted by molar-refractivity contribution is 0.100. The third kappa shape index (κ3) is 2.53. The number of hydrogen-bond donors (Lipinski definition) is 2. The van der Waals surface area contributed by atoms with Crippen LogP contribution in [0.15, 0.2) is 42.5 Å². The summed E-state index contributed by atoms with van der Waals surface area (Å²) in [6.45, 7) is 3.98. The highest BCUT2D eigenvalue weighted by molar-refractivity contribution is 6.08. The topological polar surface area (TPSA) is 82.0 Å². The summed E-state index contributed by atoms with van der Waals surface area (Å²) in [4.78, 5) is 16.4. The first kappa shape index (κ1) is 14.5. The Labute approximate surface area is 129 Å². The minimum Gasteiger partial charge on any atom is -0.366 e. The summed E-state index contributed by atoms with van der Waals surface area (Å²) >= 11 is 0. The minimum atomic E-state index is -0.466. The van der Waals surface area contributed by atoms with E-state index in [4.69, 9.17) is 11.5 Å². The van der Waals surface area contributed by atoms with Crippen LogP contribution in [0.25, 0.3) is 21.8 Å². The molecule has 22 heavy (non-hydrogen) atoms. The average molecular weight is 293 g/mol. The zero-order chi connectivity index (χ0) is 15.9. The number of nitrogens with zero attached hydrogens (tertiary/aromatic N) is 1. The third-order valence-corrected chi connectivity index (χ3v) is 3.72. The van der Waals surface area contributed by atoms with Gasteiger partial charge in [0.25, 0.3) is 5.91 Å². The number of nitrogens with two attached hydrogens (primary N) is 2. The van der Waals surface area contributed by atoms with Gasteiger partial charge < -0.3 is 11.5 Å². The molecule has 2 aromatic carbocycles. The summed E-state index contributed by atoms with van der Waals surface area (Å²) in [5.41, 5.74) is 14.4. The molecule has 112 valence electrons. The Balaban J connectivity index is 2.45. The predicted octanol–water partition coefficient (Wildman–Crippen LogP) is 2.77. The van der Waals surface area contributed by atoms with Gasteiger partial charge >= 0.3 is 0 Å². The van der Waals surface area contributed by atoms with Crippen molar-refractivity contribution in [2.75, 3.05) is 0 Å². The molecule has 4 heteroatoms. The Hall–Kier alpha value is -2.46. The lowest BCUT2D eigenvalue weighted by Crippen LogP contribution is -2.34. The Bertz CT molecular complexity index is 879. The molecule has 0 aliphatic carbocycles. The number of aromatic nitrogens is 1. The van der Waals surface area contributed by atoms with Crippen LogP contribution in [-0.4, -0.2) is 16.4 Å². The molecule has 3 rings (SSSR count). The fourth-order valence-corrected chi connectivity index (χ4v) is 2.84. The second-order valence-corrected chi connectivity index (χ2v) is 6.34. The second kappa shape index (κ2) is 5.07. The number of rotatable bonds is 3. The van der Waals surface area contributed by atoms with E-state index >= 15 is 0 Å². The van der Waals surface area contributed by atoms with E-state index in [1.165, 1.54) is 0 Å². The monoisotopic (exact) mass is 293 g/mol. The van der Waals surface area contributed by atoms with Crippen molar-refractivity contribution in [2.24, 2.45) is 11.5 Å². The van der Waals surface area contributed by atoms with Crippen molar-refractivity contribution in [3.63, 3.8) is 0 Å². The van der Waals surface area contributed by atoms with Crippen molar-refractivity contribution in [2.45, 2.75) is 25.8 Å².